The average Bonchev–Trinajstić information content (AvgIpc) is 3.34. The third kappa shape index (κ3) is 4.05. The largest absolute Gasteiger partial charge is 0.508 e. The molecule has 8 heteroatoms. The van der Waals surface area contributed by atoms with Gasteiger partial charge in [-0.2, -0.15) is 0 Å². The Hall–Kier alpha value is -4.98. The molecule has 234 valence electrons. The summed E-state index contributed by atoms with van der Waals surface area (Å²) in [6, 6.07) is 21.4. The summed E-state index contributed by atoms with van der Waals surface area (Å²) in [5.41, 5.74) is 1.52. The highest BCUT2D eigenvalue weighted by Crippen LogP contribution is 2.65. The summed E-state index contributed by atoms with van der Waals surface area (Å²) in [6.07, 6.45) is 4.02. The Labute approximate surface area is 267 Å². The van der Waals surface area contributed by atoms with Gasteiger partial charge in [0.05, 0.1) is 31.5 Å². The van der Waals surface area contributed by atoms with E-state index in [2.05, 4.69) is 0 Å². The number of hydrogen-bond acceptors (Lipinski definition) is 7. The number of rotatable bonds is 6. The van der Waals surface area contributed by atoms with Gasteiger partial charge >= 0.3 is 0 Å². The number of amides is 2. The molecule has 1 saturated carbocycles. The number of methoxy groups -OCH3 is 2. The Balaban J connectivity index is 1.57. The van der Waals surface area contributed by atoms with E-state index in [-0.39, 0.29) is 42.1 Å². The minimum absolute atomic E-state index is 0.0831. The quantitative estimate of drug-likeness (QED) is 0.297. The minimum atomic E-state index is -1.43. The monoisotopic (exact) mass is 617 g/mol. The molecule has 0 radical (unpaired) electrons. The zero-order valence-corrected chi connectivity index (χ0v) is 25.9. The molecule has 1 aliphatic heterocycles. The van der Waals surface area contributed by atoms with Crippen LogP contribution in [0, 0.1) is 23.7 Å². The lowest BCUT2D eigenvalue weighted by atomic mass is 9.44. The van der Waals surface area contributed by atoms with E-state index in [0.717, 1.165) is 5.57 Å². The number of Topliss-reactive ketones (excluding diaryl/α,β-unsaturated/α-hetero) is 1. The van der Waals surface area contributed by atoms with Crippen molar-refractivity contribution in [2.75, 3.05) is 20.8 Å². The van der Waals surface area contributed by atoms with Crippen LogP contribution in [-0.4, -0.2) is 54.2 Å². The van der Waals surface area contributed by atoms with Crippen molar-refractivity contribution in [3.8, 4) is 17.2 Å². The molecule has 2 fully saturated rings. The predicted octanol–water partition coefficient (Wildman–Crippen LogP) is 5.25. The molecule has 3 aromatic carbocycles. The van der Waals surface area contributed by atoms with Crippen LogP contribution < -0.4 is 9.47 Å². The number of nitrogens with zero attached hydrogens (tertiary/aromatic N) is 1. The minimum Gasteiger partial charge on any atom is -0.508 e. The van der Waals surface area contributed by atoms with Gasteiger partial charge in [0.1, 0.15) is 17.2 Å². The number of allylic oxidation sites excluding steroid dienone is 4. The maximum atomic E-state index is 15.1. The molecule has 46 heavy (non-hydrogen) atoms. The van der Waals surface area contributed by atoms with Gasteiger partial charge in [0.2, 0.25) is 11.8 Å². The summed E-state index contributed by atoms with van der Waals surface area (Å²) >= 11 is 0. The van der Waals surface area contributed by atoms with E-state index in [1.807, 2.05) is 66.7 Å². The van der Waals surface area contributed by atoms with Crippen LogP contribution in [0.25, 0.3) is 5.57 Å². The first-order chi connectivity index (χ1) is 22.3. The van der Waals surface area contributed by atoms with E-state index < -0.39 is 35.0 Å². The number of ether oxygens (including phenoxy) is 2. The van der Waals surface area contributed by atoms with E-state index >= 15 is 4.79 Å². The van der Waals surface area contributed by atoms with Crippen molar-refractivity contribution in [3.05, 3.63) is 107 Å². The number of hydrogen-bond donors (Lipinski definition) is 1. The molecule has 6 atom stereocenters. The number of phenolic OH excluding ortho intramolecular Hbond substituents is 1. The van der Waals surface area contributed by atoms with Crippen molar-refractivity contribution < 1.29 is 33.8 Å². The molecule has 1 heterocycles. The zero-order chi connectivity index (χ0) is 32.3. The molecular formula is C38H35NO7. The zero-order valence-electron chi connectivity index (χ0n) is 25.9. The van der Waals surface area contributed by atoms with Crippen LogP contribution in [0.15, 0.2) is 90.5 Å². The van der Waals surface area contributed by atoms with Crippen molar-refractivity contribution in [2.24, 2.45) is 23.7 Å². The number of aromatic hydroxyl groups is 1. The standard InChI is InChI=1S/C38H35NO7/c1-4-39-36(43)25-16-15-24-27(32(25)37(39)44)19-28-35(42)26(21-11-7-5-8-12-21)20-31(41)38(28,22-13-9-6-10-14-22)34(24)33-29(45-2)17-23(40)18-30(33)46-3/h5-15,17-18,20,25,27-28,32,34,40H,4,16,19H2,1-3H3. The van der Waals surface area contributed by atoms with Crippen molar-refractivity contribution in [1.29, 1.82) is 0 Å². The molecule has 8 nitrogen and oxygen atoms in total. The molecule has 0 bridgehead atoms. The Kier molecular flexibility index (Phi) is 7.18. The summed E-state index contributed by atoms with van der Waals surface area (Å²) in [4.78, 5) is 58.8. The van der Waals surface area contributed by atoms with E-state index in [1.165, 1.54) is 37.3 Å². The van der Waals surface area contributed by atoms with Crippen molar-refractivity contribution in [2.45, 2.75) is 31.1 Å². The van der Waals surface area contributed by atoms with Crippen LogP contribution in [0.5, 0.6) is 17.2 Å². The Morgan fingerprint density at radius 3 is 2.11 bits per heavy atom. The fourth-order valence-corrected chi connectivity index (χ4v) is 8.77. The first-order valence-corrected chi connectivity index (χ1v) is 15.7. The van der Waals surface area contributed by atoms with Gasteiger partial charge in [-0.05, 0) is 42.9 Å². The molecule has 2 amide bonds. The van der Waals surface area contributed by atoms with Crippen molar-refractivity contribution in [3.63, 3.8) is 0 Å². The maximum absolute atomic E-state index is 15.1. The second-order valence-electron chi connectivity index (χ2n) is 12.5. The van der Waals surface area contributed by atoms with Crippen LogP contribution in [0.4, 0.5) is 0 Å². The number of phenols is 1. The highest BCUT2D eigenvalue weighted by atomic mass is 16.5. The molecule has 4 aliphatic rings. The summed E-state index contributed by atoms with van der Waals surface area (Å²) in [7, 11) is 2.96. The van der Waals surface area contributed by atoms with Gasteiger partial charge in [0, 0.05) is 41.6 Å². The predicted molar refractivity (Wildman–Crippen MR) is 170 cm³/mol. The molecule has 1 saturated heterocycles. The highest BCUT2D eigenvalue weighted by Gasteiger charge is 2.66. The van der Waals surface area contributed by atoms with Crippen molar-refractivity contribution >= 4 is 29.0 Å². The van der Waals surface area contributed by atoms with Gasteiger partial charge in [-0.15, -0.1) is 0 Å². The van der Waals surface area contributed by atoms with Gasteiger partial charge in [-0.1, -0.05) is 72.3 Å². The third-order valence-corrected chi connectivity index (χ3v) is 10.6. The fraction of sp³-hybridized carbons (Fsp3) is 0.316. The smallest absolute Gasteiger partial charge is 0.233 e. The molecule has 3 aliphatic carbocycles. The molecule has 1 N–H and O–H groups in total. The first kappa shape index (κ1) is 29.7. The van der Waals surface area contributed by atoms with Gasteiger partial charge in [0.15, 0.2) is 11.6 Å². The topological polar surface area (TPSA) is 110 Å². The number of imide groups is 1. The Bertz CT molecular complexity index is 1800. The lowest BCUT2D eigenvalue weighted by Gasteiger charge is -2.55. The normalized spacial score (nSPS) is 28.6. The number of likely N-dealkylation sites (tertiary alicyclic amines) is 1. The summed E-state index contributed by atoms with van der Waals surface area (Å²) < 4.78 is 11.7. The van der Waals surface area contributed by atoms with E-state index in [4.69, 9.17) is 9.47 Å². The van der Waals surface area contributed by atoms with Gasteiger partial charge in [-0.25, -0.2) is 0 Å². The second-order valence-corrected chi connectivity index (χ2v) is 12.5. The van der Waals surface area contributed by atoms with Crippen LogP contribution in [-0.2, 0) is 24.6 Å². The number of ketones is 2. The van der Waals surface area contributed by atoms with Gasteiger partial charge < -0.3 is 14.6 Å². The van der Waals surface area contributed by atoms with Crippen LogP contribution in [0.1, 0.15) is 42.4 Å². The lowest BCUT2D eigenvalue weighted by Crippen LogP contribution is -2.59. The van der Waals surface area contributed by atoms with E-state index in [1.54, 1.807) is 6.92 Å². The van der Waals surface area contributed by atoms with Crippen LogP contribution in [0.2, 0.25) is 0 Å². The lowest BCUT2D eigenvalue weighted by molar-refractivity contribution is -0.140. The first-order valence-electron chi connectivity index (χ1n) is 15.7. The number of carbonyl (C=O) groups excluding carboxylic acids is 4. The van der Waals surface area contributed by atoms with Gasteiger partial charge in [0.25, 0.3) is 0 Å². The number of benzene rings is 3. The molecule has 7 rings (SSSR count). The average molecular weight is 618 g/mol. The van der Waals surface area contributed by atoms with Crippen LogP contribution in [0.3, 0.4) is 0 Å². The summed E-state index contributed by atoms with van der Waals surface area (Å²) in [5.74, 6) is -3.74. The second kappa shape index (κ2) is 11.1. The SMILES string of the molecule is CCN1C(=O)C2CC=C3C(CC4C(=O)C(c5ccccc5)=CC(=O)C4(c4ccccc4)C3c3c(OC)cc(O)cc3OC)C2C1=O. The van der Waals surface area contributed by atoms with E-state index in [0.29, 0.717) is 40.2 Å². The maximum Gasteiger partial charge on any atom is 0.233 e. The summed E-state index contributed by atoms with van der Waals surface area (Å²) in [5, 5.41) is 10.6. The third-order valence-electron chi connectivity index (χ3n) is 10.6. The van der Waals surface area contributed by atoms with Crippen LogP contribution >= 0.6 is 0 Å². The number of fused-ring (bicyclic) bond motifs is 4. The molecule has 0 aromatic heterocycles. The van der Waals surface area contributed by atoms with Crippen molar-refractivity contribution in [1.82, 2.24) is 4.90 Å². The Morgan fingerprint density at radius 1 is 0.870 bits per heavy atom. The highest BCUT2D eigenvalue weighted by molar-refractivity contribution is 6.31. The fourth-order valence-electron chi connectivity index (χ4n) is 8.77. The molecule has 3 aromatic rings. The molecule has 6 unspecified atom stereocenters. The van der Waals surface area contributed by atoms with Gasteiger partial charge in [-0.3, -0.25) is 24.1 Å². The Morgan fingerprint density at radius 2 is 1.50 bits per heavy atom. The summed E-state index contributed by atoms with van der Waals surface area (Å²) in [6.45, 7) is 2.06. The number of carbonyl (C=O) groups is 4. The molecular weight excluding hydrogens is 582 g/mol. The molecule has 0 spiro atoms. The van der Waals surface area contributed by atoms with E-state index in [9.17, 15) is 19.5 Å².